The van der Waals surface area contributed by atoms with E-state index >= 15 is 0 Å². The van der Waals surface area contributed by atoms with Crippen molar-refractivity contribution >= 4 is 26.4 Å². The third-order valence-electron chi connectivity index (χ3n) is 3.28. The molecule has 0 bridgehead atoms. The number of hydrogen-bond donors (Lipinski definition) is 0. The Kier molecular flexibility index (Phi) is 6.39. The Morgan fingerprint density at radius 1 is 1.17 bits per heavy atom. The minimum Gasteiger partial charge on any atom is -0.359 e. The summed E-state index contributed by atoms with van der Waals surface area (Å²) in [5, 5.41) is 0. The van der Waals surface area contributed by atoms with Crippen LogP contribution in [0.15, 0.2) is 12.4 Å². The van der Waals surface area contributed by atoms with Gasteiger partial charge in [0.1, 0.15) is 5.78 Å². The lowest BCUT2D eigenvalue weighted by molar-refractivity contribution is -0.121. The molecule has 0 spiro atoms. The first-order valence-electron chi connectivity index (χ1n) is 6.36. The normalized spacial score (nSPS) is 18.5. The van der Waals surface area contributed by atoms with Crippen LogP contribution in [-0.2, 0) is 9.59 Å². The first-order chi connectivity index (χ1) is 8.50. The summed E-state index contributed by atoms with van der Waals surface area (Å²) in [7, 11) is 2.06. The van der Waals surface area contributed by atoms with E-state index in [1.54, 1.807) is 0 Å². The largest absolute Gasteiger partial charge is 0.359 e. The van der Waals surface area contributed by atoms with Crippen molar-refractivity contribution < 1.29 is 9.59 Å². The van der Waals surface area contributed by atoms with Crippen molar-refractivity contribution in [2.24, 2.45) is 0 Å². The highest BCUT2D eigenvalue weighted by Crippen LogP contribution is 2.14. The van der Waals surface area contributed by atoms with Crippen LogP contribution < -0.4 is 0 Å². The summed E-state index contributed by atoms with van der Waals surface area (Å²) in [6, 6.07) is 0. The Labute approximate surface area is 117 Å². The van der Waals surface area contributed by atoms with Crippen molar-refractivity contribution in [1.82, 2.24) is 9.80 Å². The van der Waals surface area contributed by atoms with E-state index in [0.717, 1.165) is 19.4 Å². The van der Waals surface area contributed by atoms with Gasteiger partial charge in [-0.2, -0.15) is 0 Å². The fraction of sp³-hybridized carbons (Fsp3) is 0.692. The maximum absolute atomic E-state index is 11.5. The van der Waals surface area contributed by atoms with Crippen LogP contribution in [0, 0.1) is 0 Å². The van der Waals surface area contributed by atoms with Gasteiger partial charge in [-0.3, -0.25) is 9.59 Å². The molecule has 18 heavy (non-hydrogen) atoms. The van der Waals surface area contributed by atoms with E-state index in [9.17, 15) is 9.59 Å². The average molecular weight is 317 g/mol. The maximum Gasteiger partial charge on any atom is 0.198 e. The number of carbonyl (C=O) groups is 2. The Bertz CT molecular complexity index is 331. The number of halogens is 1. The Balaban J connectivity index is 2.07. The van der Waals surface area contributed by atoms with Gasteiger partial charge in [0, 0.05) is 45.3 Å². The zero-order valence-electron chi connectivity index (χ0n) is 11.1. The second-order valence-corrected chi connectivity index (χ2v) is 5.57. The zero-order valence-corrected chi connectivity index (χ0v) is 12.6. The predicted octanol–water partition coefficient (Wildman–Crippen LogP) is 2.49. The van der Waals surface area contributed by atoms with Crippen LogP contribution in [0.1, 0.15) is 39.0 Å². The summed E-state index contributed by atoms with van der Waals surface area (Å²) in [6.45, 7) is 3.14. The highest BCUT2D eigenvalue weighted by molar-refractivity contribution is 9.18. The number of rotatable bonds is 8. The minimum absolute atomic E-state index is 0.0880. The standard InChI is InChI=1S/C13H21BrN2O2/c1-11-15(2)9-10-16(11)8-4-3-5-12(17)6-7-13(14)18/h9-11H,3-8H2,1-2H3. The molecule has 1 heterocycles. The lowest BCUT2D eigenvalue weighted by atomic mass is 10.1. The van der Waals surface area contributed by atoms with Crippen molar-refractivity contribution in [3.8, 4) is 0 Å². The summed E-state index contributed by atoms with van der Waals surface area (Å²) in [5.74, 6) is 0.185. The van der Waals surface area contributed by atoms with Gasteiger partial charge in [-0.15, -0.1) is 0 Å². The molecular weight excluding hydrogens is 296 g/mol. The molecule has 1 rings (SSSR count). The van der Waals surface area contributed by atoms with Crippen molar-refractivity contribution in [3.63, 3.8) is 0 Å². The van der Waals surface area contributed by atoms with Crippen LogP contribution in [0.25, 0.3) is 0 Å². The molecule has 0 aromatic rings. The molecule has 5 heteroatoms. The molecule has 1 atom stereocenters. The average Bonchev–Trinajstić information content (AvgIpc) is 2.63. The van der Waals surface area contributed by atoms with Crippen molar-refractivity contribution in [1.29, 1.82) is 0 Å². The topological polar surface area (TPSA) is 40.6 Å². The summed E-state index contributed by atoms with van der Waals surface area (Å²) in [6.07, 6.45) is 7.75. The fourth-order valence-electron chi connectivity index (χ4n) is 1.91. The number of ketones is 1. The predicted molar refractivity (Wildman–Crippen MR) is 75.1 cm³/mol. The van der Waals surface area contributed by atoms with Crippen molar-refractivity contribution in [2.75, 3.05) is 13.6 Å². The molecule has 0 saturated heterocycles. The highest BCUT2D eigenvalue weighted by atomic mass is 79.9. The van der Waals surface area contributed by atoms with E-state index in [1.807, 2.05) is 0 Å². The number of unbranched alkanes of at least 4 members (excludes halogenated alkanes) is 1. The van der Waals surface area contributed by atoms with Gasteiger partial charge in [0.2, 0.25) is 0 Å². The van der Waals surface area contributed by atoms with Crippen LogP contribution in [-0.4, -0.2) is 40.0 Å². The number of carbonyl (C=O) groups excluding carboxylic acids is 2. The molecule has 0 fully saturated rings. The van der Waals surface area contributed by atoms with Crippen LogP contribution in [0.2, 0.25) is 0 Å². The first-order valence-corrected chi connectivity index (χ1v) is 7.16. The molecule has 0 amide bonds. The lowest BCUT2D eigenvalue weighted by Gasteiger charge is -2.26. The van der Waals surface area contributed by atoms with Crippen LogP contribution in [0.4, 0.5) is 0 Å². The monoisotopic (exact) mass is 316 g/mol. The van der Waals surface area contributed by atoms with Gasteiger partial charge < -0.3 is 9.80 Å². The second kappa shape index (κ2) is 7.56. The van der Waals surface area contributed by atoms with Crippen molar-refractivity contribution in [2.45, 2.75) is 45.2 Å². The van der Waals surface area contributed by atoms with Gasteiger partial charge in [-0.05, 0) is 35.7 Å². The van der Waals surface area contributed by atoms with Crippen molar-refractivity contribution in [3.05, 3.63) is 12.4 Å². The molecule has 4 nitrogen and oxygen atoms in total. The lowest BCUT2D eigenvalue weighted by Crippen LogP contribution is -2.34. The van der Waals surface area contributed by atoms with E-state index < -0.39 is 0 Å². The zero-order chi connectivity index (χ0) is 13.5. The summed E-state index contributed by atoms with van der Waals surface area (Å²) in [5.41, 5.74) is 0. The quantitative estimate of drug-likeness (QED) is 0.509. The third kappa shape index (κ3) is 5.21. The van der Waals surface area contributed by atoms with E-state index in [0.29, 0.717) is 25.4 Å². The molecule has 1 unspecified atom stereocenters. The van der Waals surface area contributed by atoms with Gasteiger partial charge in [-0.1, -0.05) is 0 Å². The smallest absolute Gasteiger partial charge is 0.198 e. The van der Waals surface area contributed by atoms with E-state index in [-0.39, 0.29) is 10.5 Å². The molecule has 1 aliphatic heterocycles. The van der Waals surface area contributed by atoms with E-state index in [2.05, 4.69) is 52.1 Å². The molecule has 0 radical (unpaired) electrons. The van der Waals surface area contributed by atoms with Crippen LogP contribution >= 0.6 is 15.9 Å². The Hall–Kier alpha value is -0.840. The Morgan fingerprint density at radius 2 is 1.89 bits per heavy atom. The second-order valence-electron chi connectivity index (χ2n) is 4.68. The molecular formula is C13H21BrN2O2. The third-order valence-corrected chi connectivity index (χ3v) is 3.68. The minimum atomic E-state index is -0.0880. The van der Waals surface area contributed by atoms with Gasteiger partial charge in [0.15, 0.2) is 4.69 Å². The SMILES string of the molecule is CC1N(C)C=CN1CCCCC(=O)CCC(=O)Br. The van der Waals surface area contributed by atoms with E-state index in [4.69, 9.17) is 0 Å². The first kappa shape index (κ1) is 15.2. The van der Waals surface area contributed by atoms with Crippen LogP contribution in [0.5, 0.6) is 0 Å². The fourth-order valence-corrected chi connectivity index (χ4v) is 2.11. The van der Waals surface area contributed by atoms with Gasteiger partial charge in [0.05, 0.1) is 6.17 Å². The van der Waals surface area contributed by atoms with Gasteiger partial charge in [-0.25, -0.2) is 0 Å². The van der Waals surface area contributed by atoms with Gasteiger partial charge >= 0.3 is 0 Å². The molecule has 102 valence electrons. The summed E-state index contributed by atoms with van der Waals surface area (Å²) >= 11 is 2.83. The molecule has 0 aromatic heterocycles. The molecule has 0 aliphatic carbocycles. The highest BCUT2D eigenvalue weighted by Gasteiger charge is 2.17. The molecule has 1 aliphatic rings. The van der Waals surface area contributed by atoms with Gasteiger partial charge in [0.25, 0.3) is 0 Å². The molecule has 0 N–H and O–H groups in total. The molecule has 0 aromatic carbocycles. The summed E-state index contributed by atoms with van der Waals surface area (Å²) < 4.78 is -0.0880. The van der Waals surface area contributed by atoms with Crippen LogP contribution in [0.3, 0.4) is 0 Å². The summed E-state index contributed by atoms with van der Waals surface area (Å²) in [4.78, 5) is 26.5. The maximum atomic E-state index is 11.5. The Morgan fingerprint density at radius 3 is 2.44 bits per heavy atom. The number of Topliss-reactive ketones (excluding diaryl/α,β-unsaturated/α-hetero) is 1. The molecule has 0 saturated carbocycles. The van der Waals surface area contributed by atoms with E-state index in [1.165, 1.54) is 0 Å². The number of hydrogen-bond acceptors (Lipinski definition) is 4. The number of nitrogens with zero attached hydrogens (tertiary/aromatic N) is 2.